The Kier molecular flexibility index (Phi) is 4.03. The summed E-state index contributed by atoms with van der Waals surface area (Å²) in [5.41, 5.74) is 2.32. The molecule has 1 N–H and O–H groups in total. The van der Waals surface area contributed by atoms with E-state index in [2.05, 4.69) is 46.9 Å². The van der Waals surface area contributed by atoms with Crippen LogP contribution >= 0.6 is 0 Å². The van der Waals surface area contributed by atoms with Gasteiger partial charge < -0.3 is 14.6 Å². The number of rotatable bonds is 4. The van der Waals surface area contributed by atoms with E-state index in [-0.39, 0.29) is 0 Å². The molecule has 1 saturated heterocycles. The van der Waals surface area contributed by atoms with Gasteiger partial charge in [0.2, 0.25) is 0 Å². The van der Waals surface area contributed by atoms with E-state index in [0.717, 1.165) is 43.9 Å². The molecule has 0 saturated carbocycles. The van der Waals surface area contributed by atoms with Crippen molar-refractivity contribution in [3.63, 3.8) is 0 Å². The minimum atomic E-state index is 0.386. The van der Waals surface area contributed by atoms with Crippen molar-refractivity contribution in [3.8, 4) is 0 Å². The maximum Gasteiger partial charge on any atom is 0.106 e. The van der Waals surface area contributed by atoms with Gasteiger partial charge >= 0.3 is 0 Å². The number of nitrogens with one attached hydrogen (secondary N) is 1. The summed E-state index contributed by atoms with van der Waals surface area (Å²) < 4.78 is 7.88. The molecule has 1 aromatic carbocycles. The number of para-hydroxylation sites is 2. The van der Waals surface area contributed by atoms with Gasteiger partial charge in [0.05, 0.1) is 17.1 Å². The van der Waals surface area contributed by atoms with Crippen molar-refractivity contribution in [3.05, 3.63) is 30.1 Å². The maximum atomic E-state index is 5.58. The van der Waals surface area contributed by atoms with Gasteiger partial charge in [-0.3, -0.25) is 0 Å². The number of aromatic nitrogens is 2. The monoisotopic (exact) mass is 273 g/mol. The van der Waals surface area contributed by atoms with Crippen LogP contribution in [0.2, 0.25) is 0 Å². The van der Waals surface area contributed by atoms with Gasteiger partial charge in [-0.2, -0.15) is 0 Å². The SMILES string of the molecule is Cc1nc2ccccc2n1CCNC1CCOC(C)C1. The molecule has 0 spiro atoms. The molecule has 2 atom stereocenters. The Balaban J connectivity index is 1.61. The third kappa shape index (κ3) is 2.86. The lowest BCUT2D eigenvalue weighted by molar-refractivity contribution is 0.0133. The summed E-state index contributed by atoms with van der Waals surface area (Å²) in [6.07, 6.45) is 2.62. The van der Waals surface area contributed by atoms with Crippen LogP contribution in [0.4, 0.5) is 0 Å². The molecule has 2 heterocycles. The van der Waals surface area contributed by atoms with Crippen molar-refractivity contribution in [2.45, 2.75) is 45.4 Å². The van der Waals surface area contributed by atoms with Crippen molar-refractivity contribution < 1.29 is 4.74 Å². The molecule has 1 fully saturated rings. The lowest BCUT2D eigenvalue weighted by Gasteiger charge is -2.28. The molecular formula is C16H23N3O. The zero-order valence-electron chi connectivity index (χ0n) is 12.3. The van der Waals surface area contributed by atoms with Crippen LogP contribution < -0.4 is 5.32 Å². The number of imidazole rings is 1. The minimum absolute atomic E-state index is 0.386. The number of aryl methyl sites for hydroxylation is 1. The van der Waals surface area contributed by atoms with Crippen LogP contribution in [0.1, 0.15) is 25.6 Å². The van der Waals surface area contributed by atoms with Crippen LogP contribution in [0.5, 0.6) is 0 Å². The number of ether oxygens (including phenoxy) is 1. The lowest BCUT2D eigenvalue weighted by atomic mass is 10.0. The Morgan fingerprint density at radius 1 is 1.40 bits per heavy atom. The largest absolute Gasteiger partial charge is 0.378 e. The van der Waals surface area contributed by atoms with Crippen LogP contribution in [-0.4, -0.2) is 34.8 Å². The van der Waals surface area contributed by atoms with Gasteiger partial charge in [-0.1, -0.05) is 12.1 Å². The molecule has 4 nitrogen and oxygen atoms in total. The van der Waals surface area contributed by atoms with Crippen molar-refractivity contribution in [2.24, 2.45) is 0 Å². The topological polar surface area (TPSA) is 39.1 Å². The van der Waals surface area contributed by atoms with Crippen LogP contribution in [0.3, 0.4) is 0 Å². The number of fused-ring (bicyclic) bond motifs is 1. The summed E-state index contributed by atoms with van der Waals surface area (Å²) in [6.45, 7) is 7.07. The van der Waals surface area contributed by atoms with Crippen LogP contribution in [0.15, 0.2) is 24.3 Å². The Bertz CT molecular complexity index is 578. The average Bonchev–Trinajstić information content (AvgIpc) is 2.75. The highest BCUT2D eigenvalue weighted by atomic mass is 16.5. The van der Waals surface area contributed by atoms with E-state index in [9.17, 15) is 0 Å². The van der Waals surface area contributed by atoms with Crippen LogP contribution in [0, 0.1) is 6.92 Å². The van der Waals surface area contributed by atoms with E-state index in [4.69, 9.17) is 4.74 Å². The lowest BCUT2D eigenvalue weighted by Crippen LogP contribution is -2.39. The maximum absolute atomic E-state index is 5.58. The summed E-state index contributed by atoms with van der Waals surface area (Å²) in [4.78, 5) is 4.61. The summed E-state index contributed by atoms with van der Waals surface area (Å²) in [5, 5.41) is 3.65. The van der Waals surface area contributed by atoms with Crippen molar-refractivity contribution in [1.82, 2.24) is 14.9 Å². The van der Waals surface area contributed by atoms with Gasteiger partial charge in [-0.15, -0.1) is 0 Å². The number of hydrogen-bond donors (Lipinski definition) is 1. The van der Waals surface area contributed by atoms with Gasteiger partial charge in [0.15, 0.2) is 0 Å². The average molecular weight is 273 g/mol. The Morgan fingerprint density at radius 2 is 2.25 bits per heavy atom. The van der Waals surface area contributed by atoms with Crippen molar-refractivity contribution in [2.75, 3.05) is 13.2 Å². The highest BCUT2D eigenvalue weighted by Gasteiger charge is 2.18. The molecule has 4 heteroatoms. The molecule has 3 rings (SSSR count). The molecule has 0 radical (unpaired) electrons. The molecular weight excluding hydrogens is 250 g/mol. The summed E-state index contributed by atoms with van der Waals surface area (Å²) in [5.74, 6) is 1.09. The van der Waals surface area contributed by atoms with E-state index in [0.29, 0.717) is 12.1 Å². The molecule has 0 aliphatic carbocycles. The molecule has 0 bridgehead atoms. The molecule has 0 amide bonds. The van der Waals surface area contributed by atoms with Gasteiger partial charge in [0, 0.05) is 25.7 Å². The molecule has 2 unspecified atom stereocenters. The molecule has 2 aromatic rings. The Labute approximate surface area is 120 Å². The third-order valence-corrected chi connectivity index (χ3v) is 4.10. The smallest absolute Gasteiger partial charge is 0.106 e. The van der Waals surface area contributed by atoms with Crippen LogP contribution in [0.25, 0.3) is 11.0 Å². The van der Waals surface area contributed by atoms with Crippen molar-refractivity contribution >= 4 is 11.0 Å². The third-order valence-electron chi connectivity index (χ3n) is 4.10. The second-order valence-electron chi connectivity index (χ2n) is 5.66. The van der Waals surface area contributed by atoms with E-state index in [1.165, 1.54) is 5.52 Å². The highest BCUT2D eigenvalue weighted by Crippen LogP contribution is 2.16. The standard InChI is InChI=1S/C16H23N3O/c1-12-11-14(7-10-20-12)17-8-9-19-13(2)18-15-5-3-4-6-16(15)19/h3-6,12,14,17H,7-11H2,1-2H3. The molecule has 1 aliphatic heterocycles. The fraction of sp³-hybridized carbons (Fsp3) is 0.562. The van der Waals surface area contributed by atoms with E-state index in [1.54, 1.807) is 0 Å². The van der Waals surface area contributed by atoms with Gasteiger partial charge in [-0.25, -0.2) is 4.98 Å². The molecule has 20 heavy (non-hydrogen) atoms. The Morgan fingerprint density at radius 3 is 3.10 bits per heavy atom. The number of benzene rings is 1. The van der Waals surface area contributed by atoms with E-state index in [1.807, 2.05) is 6.07 Å². The van der Waals surface area contributed by atoms with E-state index < -0.39 is 0 Å². The predicted octanol–water partition coefficient (Wildman–Crippen LogP) is 2.50. The van der Waals surface area contributed by atoms with Gasteiger partial charge in [-0.05, 0) is 38.8 Å². The first-order valence-corrected chi connectivity index (χ1v) is 7.51. The first-order chi connectivity index (χ1) is 9.74. The van der Waals surface area contributed by atoms with Crippen LogP contribution in [-0.2, 0) is 11.3 Å². The summed E-state index contributed by atoms with van der Waals surface area (Å²) in [7, 11) is 0. The summed E-state index contributed by atoms with van der Waals surface area (Å²) in [6, 6.07) is 8.93. The van der Waals surface area contributed by atoms with Gasteiger partial charge in [0.25, 0.3) is 0 Å². The van der Waals surface area contributed by atoms with Gasteiger partial charge in [0.1, 0.15) is 5.82 Å². The fourth-order valence-corrected chi connectivity index (χ4v) is 3.04. The first kappa shape index (κ1) is 13.6. The van der Waals surface area contributed by atoms with E-state index >= 15 is 0 Å². The predicted molar refractivity (Wildman–Crippen MR) is 80.9 cm³/mol. The molecule has 1 aromatic heterocycles. The molecule has 108 valence electrons. The van der Waals surface area contributed by atoms with Crippen molar-refractivity contribution in [1.29, 1.82) is 0 Å². The summed E-state index contributed by atoms with van der Waals surface area (Å²) >= 11 is 0. The second-order valence-corrected chi connectivity index (χ2v) is 5.66. The Hall–Kier alpha value is -1.39. The highest BCUT2D eigenvalue weighted by molar-refractivity contribution is 5.75. The first-order valence-electron chi connectivity index (χ1n) is 7.51. The molecule has 1 aliphatic rings. The zero-order chi connectivity index (χ0) is 13.9. The minimum Gasteiger partial charge on any atom is -0.378 e. The quantitative estimate of drug-likeness (QED) is 0.930. The zero-order valence-corrected chi connectivity index (χ0v) is 12.3. The second kappa shape index (κ2) is 5.94. The normalized spacial score (nSPS) is 23.3. The number of nitrogens with zero attached hydrogens (tertiary/aromatic N) is 2. The fourth-order valence-electron chi connectivity index (χ4n) is 3.04. The number of hydrogen-bond acceptors (Lipinski definition) is 3.